The number of benzene rings is 1. The quantitative estimate of drug-likeness (QED) is 0.715. The highest BCUT2D eigenvalue weighted by Gasteiger charge is 2.53. The lowest BCUT2D eigenvalue weighted by molar-refractivity contribution is -0.143. The van der Waals surface area contributed by atoms with Gasteiger partial charge in [0.05, 0.1) is 7.11 Å². The van der Waals surface area contributed by atoms with E-state index in [9.17, 15) is 9.59 Å². The van der Waals surface area contributed by atoms with Crippen LogP contribution in [0.3, 0.4) is 0 Å². The number of rotatable bonds is 4. The lowest BCUT2D eigenvalue weighted by Crippen LogP contribution is -2.59. The van der Waals surface area contributed by atoms with E-state index in [-0.39, 0.29) is 23.5 Å². The average Bonchev–Trinajstić information content (AvgIpc) is 3.14. The van der Waals surface area contributed by atoms with Crippen LogP contribution in [0.1, 0.15) is 75.8 Å². The van der Waals surface area contributed by atoms with Gasteiger partial charge in [0.25, 0.3) is 0 Å². The van der Waals surface area contributed by atoms with Crippen LogP contribution in [-0.4, -0.2) is 54.6 Å². The minimum Gasteiger partial charge on any atom is -0.453 e. The SMILES string of the molecule is COC(=O)N(C)[C@]1(C)C[C@H](C(=O)N2CCC3(CC(c4cccc(C(C)C)c4)C3)C2)C1. The van der Waals surface area contributed by atoms with Crippen LogP contribution in [0.15, 0.2) is 24.3 Å². The van der Waals surface area contributed by atoms with Crippen molar-refractivity contribution in [1.29, 1.82) is 0 Å². The Morgan fingerprint density at radius 1 is 1.20 bits per heavy atom. The third kappa shape index (κ3) is 3.61. The lowest BCUT2D eigenvalue weighted by atomic mass is 9.59. The van der Waals surface area contributed by atoms with Crippen LogP contribution in [0, 0.1) is 11.3 Å². The molecule has 0 bridgehead atoms. The Balaban J connectivity index is 1.30. The molecule has 1 aromatic carbocycles. The van der Waals surface area contributed by atoms with Crippen molar-refractivity contribution in [3.8, 4) is 0 Å². The van der Waals surface area contributed by atoms with E-state index in [0.717, 1.165) is 32.4 Å². The summed E-state index contributed by atoms with van der Waals surface area (Å²) in [5, 5.41) is 0. The molecule has 5 nitrogen and oxygen atoms in total. The molecule has 1 saturated heterocycles. The molecule has 0 radical (unpaired) electrons. The molecular formula is C25H36N2O3. The Morgan fingerprint density at radius 3 is 2.53 bits per heavy atom. The molecule has 4 rings (SSSR count). The highest BCUT2D eigenvalue weighted by atomic mass is 16.5. The number of carbonyl (C=O) groups excluding carboxylic acids is 2. The maximum atomic E-state index is 13.1. The summed E-state index contributed by atoms with van der Waals surface area (Å²) < 4.78 is 4.84. The van der Waals surface area contributed by atoms with E-state index in [4.69, 9.17) is 4.74 Å². The minimum atomic E-state index is -0.328. The Labute approximate surface area is 180 Å². The maximum Gasteiger partial charge on any atom is 0.409 e. The van der Waals surface area contributed by atoms with Crippen molar-refractivity contribution in [1.82, 2.24) is 9.80 Å². The van der Waals surface area contributed by atoms with E-state index < -0.39 is 0 Å². The molecule has 3 fully saturated rings. The molecule has 1 aromatic rings. The van der Waals surface area contributed by atoms with Gasteiger partial charge in [-0.15, -0.1) is 0 Å². The summed E-state index contributed by atoms with van der Waals surface area (Å²) in [6.45, 7) is 8.33. The van der Waals surface area contributed by atoms with Crippen LogP contribution in [0.2, 0.25) is 0 Å². The molecule has 0 N–H and O–H groups in total. The van der Waals surface area contributed by atoms with Gasteiger partial charge in [-0.25, -0.2) is 4.79 Å². The summed E-state index contributed by atoms with van der Waals surface area (Å²) in [7, 11) is 3.16. The van der Waals surface area contributed by atoms with Crippen LogP contribution < -0.4 is 0 Å². The fourth-order valence-corrected chi connectivity index (χ4v) is 5.92. The molecule has 1 aliphatic heterocycles. The van der Waals surface area contributed by atoms with E-state index in [1.807, 2.05) is 6.92 Å². The third-order valence-electron chi connectivity index (χ3n) is 8.14. The molecule has 0 unspecified atom stereocenters. The number of nitrogens with zero attached hydrogens (tertiary/aromatic N) is 2. The third-order valence-corrected chi connectivity index (χ3v) is 8.14. The second-order valence-electron chi connectivity index (χ2n) is 10.6. The normalized spacial score (nSPS) is 32.7. The lowest BCUT2D eigenvalue weighted by Gasteiger charge is -2.50. The summed E-state index contributed by atoms with van der Waals surface area (Å²) in [5.74, 6) is 1.52. The first-order valence-electron chi connectivity index (χ1n) is 11.4. The average molecular weight is 413 g/mol. The molecule has 2 amide bonds. The van der Waals surface area contributed by atoms with Gasteiger partial charge in [-0.05, 0) is 67.4 Å². The van der Waals surface area contributed by atoms with Crippen LogP contribution in [0.25, 0.3) is 0 Å². The van der Waals surface area contributed by atoms with E-state index in [0.29, 0.717) is 17.3 Å². The van der Waals surface area contributed by atoms with Gasteiger partial charge in [0.1, 0.15) is 0 Å². The van der Waals surface area contributed by atoms with E-state index in [1.165, 1.54) is 31.1 Å². The Bertz CT molecular complexity index is 821. The van der Waals surface area contributed by atoms with Gasteiger partial charge in [-0.3, -0.25) is 4.79 Å². The molecule has 0 aromatic heterocycles. The van der Waals surface area contributed by atoms with E-state index >= 15 is 0 Å². The van der Waals surface area contributed by atoms with Gasteiger partial charge >= 0.3 is 6.09 Å². The summed E-state index contributed by atoms with van der Waals surface area (Å²) in [6.07, 6.45) is 4.66. The monoisotopic (exact) mass is 412 g/mol. The van der Waals surface area contributed by atoms with E-state index in [2.05, 4.69) is 43.0 Å². The predicted octanol–water partition coefficient (Wildman–Crippen LogP) is 4.77. The maximum absolute atomic E-state index is 13.1. The zero-order valence-corrected chi connectivity index (χ0v) is 19.1. The van der Waals surface area contributed by atoms with Gasteiger partial charge in [0.2, 0.25) is 5.91 Å². The second-order valence-corrected chi connectivity index (χ2v) is 10.6. The summed E-state index contributed by atoms with van der Waals surface area (Å²) in [6, 6.07) is 9.07. The zero-order valence-electron chi connectivity index (χ0n) is 19.1. The van der Waals surface area contributed by atoms with Crippen molar-refractivity contribution in [3.63, 3.8) is 0 Å². The van der Waals surface area contributed by atoms with Gasteiger partial charge in [-0.2, -0.15) is 0 Å². The zero-order chi connectivity index (χ0) is 21.7. The van der Waals surface area contributed by atoms with Crippen LogP contribution in [0.4, 0.5) is 4.79 Å². The van der Waals surface area contributed by atoms with Crippen LogP contribution in [-0.2, 0) is 9.53 Å². The Morgan fingerprint density at radius 2 is 1.90 bits per heavy atom. The van der Waals surface area contributed by atoms with Crippen molar-refractivity contribution in [2.75, 3.05) is 27.2 Å². The molecule has 3 aliphatic rings. The molecule has 1 spiro atoms. The summed E-state index contributed by atoms with van der Waals surface area (Å²) in [4.78, 5) is 28.6. The molecule has 164 valence electrons. The number of carbonyl (C=O) groups is 2. The Kier molecular flexibility index (Phi) is 5.36. The van der Waals surface area contributed by atoms with Crippen molar-refractivity contribution < 1.29 is 14.3 Å². The van der Waals surface area contributed by atoms with Crippen molar-refractivity contribution in [2.24, 2.45) is 11.3 Å². The molecule has 2 saturated carbocycles. The van der Waals surface area contributed by atoms with E-state index in [1.54, 1.807) is 11.9 Å². The standard InChI is InChI=1S/C25H36N2O3/c1-17(2)18-7-6-8-19(11-18)20-14-25(15-20)9-10-27(16-25)22(28)21-12-24(3,13-21)26(4)23(29)30-5/h6-8,11,17,20-21H,9-10,12-16H2,1-5H3/t20?,21-,24+,25?. The highest BCUT2D eigenvalue weighted by Crippen LogP contribution is 2.56. The molecular weight excluding hydrogens is 376 g/mol. The first-order chi connectivity index (χ1) is 14.2. The fraction of sp³-hybridized carbons (Fsp3) is 0.680. The van der Waals surface area contributed by atoms with Crippen molar-refractivity contribution in [3.05, 3.63) is 35.4 Å². The second kappa shape index (κ2) is 7.58. The molecule has 0 atom stereocenters. The van der Waals surface area contributed by atoms with Gasteiger partial charge in [0.15, 0.2) is 0 Å². The summed E-state index contributed by atoms with van der Waals surface area (Å²) in [5.41, 5.74) is 2.94. The van der Waals surface area contributed by atoms with Crippen molar-refractivity contribution in [2.45, 2.75) is 70.3 Å². The number of hydrogen-bond donors (Lipinski definition) is 0. The summed E-state index contributed by atoms with van der Waals surface area (Å²) >= 11 is 0. The number of hydrogen-bond acceptors (Lipinski definition) is 3. The largest absolute Gasteiger partial charge is 0.453 e. The van der Waals surface area contributed by atoms with Gasteiger partial charge in [0, 0.05) is 31.6 Å². The molecule has 1 heterocycles. The topological polar surface area (TPSA) is 49.9 Å². The fourth-order valence-electron chi connectivity index (χ4n) is 5.92. The molecule has 5 heteroatoms. The number of ether oxygens (including phenoxy) is 1. The smallest absolute Gasteiger partial charge is 0.409 e. The number of amides is 2. The van der Waals surface area contributed by atoms with Gasteiger partial charge in [-0.1, -0.05) is 38.1 Å². The first kappa shape index (κ1) is 21.2. The number of likely N-dealkylation sites (tertiary alicyclic amines) is 1. The predicted molar refractivity (Wildman–Crippen MR) is 117 cm³/mol. The first-order valence-corrected chi connectivity index (χ1v) is 11.4. The highest BCUT2D eigenvalue weighted by molar-refractivity contribution is 5.81. The molecule has 30 heavy (non-hydrogen) atoms. The van der Waals surface area contributed by atoms with Crippen molar-refractivity contribution >= 4 is 12.0 Å². The Hall–Kier alpha value is -2.04. The molecule has 2 aliphatic carbocycles. The van der Waals surface area contributed by atoms with Crippen LogP contribution >= 0.6 is 0 Å². The minimum absolute atomic E-state index is 0.0378. The van der Waals surface area contributed by atoms with Crippen LogP contribution in [0.5, 0.6) is 0 Å². The number of methoxy groups -OCH3 is 1. The van der Waals surface area contributed by atoms with Gasteiger partial charge < -0.3 is 14.5 Å².